The van der Waals surface area contributed by atoms with Crippen LogP contribution >= 0.6 is 0 Å². The molecule has 1 heterocycles. The molecule has 3 aromatic rings. The Morgan fingerprint density at radius 2 is 1.62 bits per heavy atom. The molecule has 1 aliphatic heterocycles. The lowest BCUT2D eigenvalue weighted by molar-refractivity contribution is -0.114. The van der Waals surface area contributed by atoms with E-state index in [4.69, 9.17) is 4.74 Å². The number of carbonyl (C=O) groups excluding carboxylic acids is 2. The molecule has 1 aliphatic rings. The van der Waals surface area contributed by atoms with E-state index in [-0.39, 0.29) is 22.2 Å². The third-order valence-electron chi connectivity index (χ3n) is 5.05. The van der Waals surface area contributed by atoms with Crippen molar-refractivity contribution < 1.29 is 27.1 Å². The Hall–Kier alpha value is -4.18. The molecular formula is C24H20FN3O5S. The van der Waals surface area contributed by atoms with E-state index < -0.39 is 26.5 Å². The zero-order valence-electron chi connectivity index (χ0n) is 18.2. The SMILES string of the molecule is COc1ccc(NC(C)=O)c(NC2=C(C(=O)Nc3ccc(F)cc3)S(=O)(=O)c3ccccc32)c1. The maximum absolute atomic E-state index is 13.3. The molecule has 0 bridgehead atoms. The second-order valence-corrected chi connectivity index (χ2v) is 9.24. The number of methoxy groups -OCH3 is 1. The molecule has 3 aromatic carbocycles. The Morgan fingerprint density at radius 3 is 2.29 bits per heavy atom. The third-order valence-corrected chi connectivity index (χ3v) is 6.91. The van der Waals surface area contributed by atoms with Gasteiger partial charge in [-0.2, -0.15) is 0 Å². The number of amides is 2. The summed E-state index contributed by atoms with van der Waals surface area (Å²) >= 11 is 0. The van der Waals surface area contributed by atoms with E-state index in [1.54, 1.807) is 36.4 Å². The first-order chi connectivity index (χ1) is 16.2. The van der Waals surface area contributed by atoms with Gasteiger partial charge in [0.1, 0.15) is 11.6 Å². The predicted octanol–water partition coefficient (Wildman–Crippen LogP) is 4.00. The molecule has 174 valence electrons. The van der Waals surface area contributed by atoms with E-state index in [2.05, 4.69) is 16.0 Å². The lowest BCUT2D eigenvalue weighted by Gasteiger charge is -2.16. The normalized spacial score (nSPS) is 13.7. The Labute approximate surface area is 195 Å². The Balaban J connectivity index is 1.85. The topological polar surface area (TPSA) is 114 Å². The molecule has 0 spiro atoms. The van der Waals surface area contributed by atoms with Gasteiger partial charge in [0.15, 0.2) is 4.91 Å². The van der Waals surface area contributed by atoms with Crippen LogP contribution < -0.4 is 20.7 Å². The molecule has 4 rings (SSSR count). The van der Waals surface area contributed by atoms with Crippen molar-refractivity contribution in [3.8, 4) is 5.75 Å². The zero-order chi connectivity index (χ0) is 24.5. The number of hydrogen-bond acceptors (Lipinski definition) is 6. The zero-order valence-corrected chi connectivity index (χ0v) is 19.0. The van der Waals surface area contributed by atoms with Crippen LogP contribution in [0, 0.1) is 5.82 Å². The molecule has 0 saturated carbocycles. The second kappa shape index (κ2) is 8.99. The molecule has 10 heteroatoms. The summed E-state index contributed by atoms with van der Waals surface area (Å²) in [4.78, 5) is 24.3. The number of halogens is 1. The van der Waals surface area contributed by atoms with E-state index in [1.165, 1.54) is 32.2 Å². The highest BCUT2D eigenvalue weighted by Crippen LogP contribution is 2.41. The number of anilines is 3. The van der Waals surface area contributed by atoms with Crippen molar-refractivity contribution in [2.24, 2.45) is 0 Å². The van der Waals surface area contributed by atoms with Gasteiger partial charge in [-0.1, -0.05) is 18.2 Å². The fraction of sp³-hybridized carbons (Fsp3) is 0.0833. The Kier molecular flexibility index (Phi) is 6.08. The van der Waals surface area contributed by atoms with Gasteiger partial charge in [0.2, 0.25) is 15.7 Å². The first kappa shape index (κ1) is 23.0. The van der Waals surface area contributed by atoms with Crippen molar-refractivity contribution in [2.75, 3.05) is 23.1 Å². The summed E-state index contributed by atoms with van der Waals surface area (Å²) in [6, 6.07) is 15.9. The van der Waals surface area contributed by atoms with Crippen LogP contribution in [0.15, 0.2) is 76.5 Å². The van der Waals surface area contributed by atoms with Gasteiger partial charge in [0, 0.05) is 24.2 Å². The van der Waals surface area contributed by atoms with Crippen molar-refractivity contribution in [3.05, 3.63) is 83.0 Å². The number of hydrogen-bond donors (Lipinski definition) is 3. The molecule has 2 amide bonds. The number of fused-ring (bicyclic) bond motifs is 1. The maximum Gasteiger partial charge on any atom is 0.269 e. The fourth-order valence-electron chi connectivity index (χ4n) is 3.54. The molecule has 0 aromatic heterocycles. The third kappa shape index (κ3) is 4.35. The quantitative estimate of drug-likeness (QED) is 0.491. The minimum absolute atomic E-state index is 0.0364. The van der Waals surface area contributed by atoms with Crippen LogP contribution in [0.4, 0.5) is 21.5 Å². The van der Waals surface area contributed by atoms with Gasteiger partial charge in [-0.3, -0.25) is 9.59 Å². The maximum atomic E-state index is 13.3. The first-order valence-electron chi connectivity index (χ1n) is 10.1. The fourth-order valence-corrected chi connectivity index (χ4v) is 5.20. The average Bonchev–Trinajstić information content (AvgIpc) is 3.03. The van der Waals surface area contributed by atoms with Gasteiger partial charge in [-0.05, 0) is 42.5 Å². The summed E-state index contributed by atoms with van der Waals surface area (Å²) < 4.78 is 45.2. The van der Waals surface area contributed by atoms with E-state index in [0.29, 0.717) is 22.7 Å². The molecular weight excluding hydrogens is 461 g/mol. The van der Waals surface area contributed by atoms with E-state index in [9.17, 15) is 22.4 Å². The van der Waals surface area contributed by atoms with Crippen LogP contribution in [0.1, 0.15) is 12.5 Å². The molecule has 3 N–H and O–H groups in total. The molecule has 0 saturated heterocycles. The highest BCUT2D eigenvalue weighted by atomic mass is 32.2. The van der Waals surface area contributed by atoms with Gasteiger partial charge >= 0.3 is 0 Å². The molecule has 8 nitrogen and oxygen atoms in total. The summed E-state index contributed by atoms with van der Waals surface area (Å²) in [5.41, 5.74) is 1.24. The molecule has 0 radical (unpaired) electrons. The standard InChI is InChI=1S/C24H20FN3O5S/c1-14(29)26-19-12-11-17(33-2)13-20(19)28-22-18-5-3-4-6-21(18)34(31,32)23(22)24(30)27-16-9-7-15(25)8-10-16/h3-13,28H,1-2H3,(H,26,29)(H,27,30). The minimum atomic E-state index is -4.18. The number of benzene rings is 3. The van der Waals surface area contributed by atoms with E-state index >= 15 is 0 Å². The number of rotatable bonds is 6. The summed E-state index contributed by atoms with van der Waals surface area (Å²) in [5.74, 6) is -1.28. The van der Waals surface area contributed by atoms with Crippen molar-refractivity contribution in [3.63, 3.8) is 0 Å². The lowest BCUT2D eigenvalue weighted by Crippen LogP contribution is -2.21. The van der Waals surface area contributed by atoms with Crippen molar-refractivity contribution in [1.82, 2.24) is 0 Å². The van der Waals surface area contributed by atoms with Crippen LogP contribution in [0.3, 0.4) is 0 Å². The summed E-state index contributed by atoms with van der Waals surface area (Å²) in [6.07, 6.45) is 0. The van der Waals surface area contributed by atoms with Crippen LogP contribution in [-0.2, 0) is 19.4 Å². The van der Waals surface area contributed by atoms with E-state index in [0.717, 1.165) is 12.1 Å². The van der Waals surface area contributed by atoms with Gasteiger partial charge in [-0.15, -0.1) is 0 Å². The molecule has 0 unspecified atom stereocenters. The van der Waals surface area contributed by atoms with Crippen LogP contribution in [0.5, 0.6) is 5.75 Å². The number of ether oxygens (including phenoxy) is 1. The van der Waals surface area contributed by atoms with Crippen molar-refractivity contribution in [1.29, 1.82) is 0 Å². The number of sulfone groups is 1. The number of carbonyl (C=O) groups is 2. The van der Waals surface area contributed by atoms with Gasteiger partial charge in [0.25, 0.3) is 5.91 Å². The predicted molar refractivity (Wildman–Crippen MR) is 126 cm³/mol. The van der Waals surface area contributed by atoms with Crippen LogP contribution in [0.25, 0.3) is 5.70 Å². The van der Waals surface area contributed by atoms with Crippen molar-refractivity contribution >= 4 is 44.4 Å². The monoisotopic (exact) mass is 481 g/mol. The average molecular weight is 482 g/mol. The van der Waals surface area contributed by atoms with Gasteiger partial charge in [0.05, 0.1) is 29.1 Å². The molecule has 0 aliphatic carbocycles. The highest BCUT2D eigenvalue weighted by Gasteiger charge is 2.40. The lowest BCUT2D eigenvalue weighted by atomic mass is 10.1. The summed E-state index contributed by atoms with van der Waals surface area (Å²) in [7, 11) is -2.72. The minimum Gasteiger partial charge on any atom is -0.497 e. The highest BCUT2D eigenvalue weighted by molar-refractivity contribution is 7.97. The second-order valence-electron chi connectivity index (χ2n) is 7.38. The van der Waals surface area contributed by atoms with E-state index in [1.807, 2.05) is 0 Å². The first-order valence-corrected chi connectivity index (χ1v) is 11.6. The summed E-state index contributed by atoms with van der Waals surface area (Å²) in [5, 5.41) is 8.19. The van der Waals surface area contributed by atoms with Crippen molar-refractivity contribution in [2.45, 2.75) is 11.8 Å². The smallest absolute Gasteiger partial charge is 0.269 e. The summed E-state index contributed by atoms with van der Waals surface area (Å²) in [6.45, 7) is 1.34. The Bertz CT molecular complexity index is 1430. The molecule has 0 fully saturated rings. The van der Waals surface area contributed by atoms with Crippen LogP contribution in [-0.4, -0.2) is 27.3 Å². The molecule has 34 heavy (non-hydrogen) atoms. The Morgan fingerprint density at radius 1 is 0.912 bits per heavy atom. The largest absolute Gasteiger partial charge is 0.497 e. The molecule has 0 atom stereocenters. The van der Waals surface area contributed by atoms with Gasteiger partial charge in [-0.25, -0.2) is 12.8 Å². The number of nitrogens with one attached hydrogen (secondary N) is 3. The van der Waals surface area contributed by atoms with Crippen LogP contribution in [0.2, 0.25) is 0 Å². The van der Waals surface area contributed by atoms with Gasteiger partial charge < -0.3 is 20.7 Å².